The number of nitrogens with one attached hydrogen (secondary N) is 1. The highest BCUT2D eigenvalue weighted by Crippen LogP contribution is 2.18. The molecule has 2 rings (SSSR count). The summed E-state index contributed by atoms with van der Waals surface area (Å²) < 4.78 is 0. The first-order valence-electron chi connectivity index (χ1n) is 3.29. The Labute approximate surface area is 63.9 Å². The van der Waals surface area contributed by atoms with E-state index in [2.05, 4.69) is 10.2 Å². The molecule has 0 bridgehead atoms. The van der Waals surface area contributed by atoms with E-state index in [1.165, 1.54) is 0 Å². The minimum atomic E-state index is 0.498. The van der Waals surface area contributed by atoms with E-state index in [9.17, 15) is 0 Å². The van der Waals surface area contributed by atoms with Crippen LogP contribution in [0.4, 0.5) is 5.69 Å². The molecule has 1 N–H and O–H groups in total. The standard InChI is InChI=1S/C8H6N3/c9-8-3-1-2-6-4-10-11-5-7(6)8/h1-5,9H. The van der Waals surface area contributed by atoms with Crippen LogP contribution in [0.5, 0.6) is 0 Å². The van der Waals surface area contributed by atoms with E-state index < -0.39 is 0 Å². The zero-order chi connectivity index (χ0) is 7.68. The minimum absolute atomic E-state index is 0.498. The molecule has 0 saturated carbocycles. The lowest BCUT2D eigenvalue weighted by atomic mass is 10.2. The van der Waals surface area contributed by atoms with Crippen molar-refractivity contribution < 1.29 is 0 Å². The lowest BCUT2D eigenvalue weighted by Crippen LogP contribution is -1.81. The maximum atomic E-state index is 7.50. The molecule has 0 aliphatic rings. The Kier molecular flexibility index (Phi) is 1.22. The lowest BCUT2D eigenvalue weighted by Gasteiger charge is -1.96. The van der Waals surface area contributed by atoms with Crippen LogP contribution in [0.2, 0.25) is 0 Å². The highest BCUT2D eigenvalue weighted by Gasteiger charge is 1.95. The topological polar surface area (TPSA) is 49.6 Å². The first-order chi connectivity index (χ1) is 5.38. The molecule has 1 radical (unpaired) electrons. The summed E-state index contributed by atoms with van der Waals surface area (Å²) in [5, 5.41) is 9.24. The molecule has 53 valence electrons. The summed E-state index contributed by atoms with van der Waals surface area (Å²) in [6.07, 6.45) is 3.27. The van der Waals surface area contributed by atoms with Crippen LogP contribution in [0.3, 0.4) is 0 Å². The number of nitrogens with zero attached hydrogens (tertiary/aromatic N) is 2. The van der Waals surface area contributed by atoms with Crippen LogP contribution in [0, 0.1) is 0 Å². The van der Waals surface area contributed by atoms with Crippen molar-refractivity contribution in [3.8, 4) is 0 Å². The fourth-order valence-corrected chi connectivity index (χ4v) is 1.03. The summed E-state index contributed by atoms with van der Waals surface area (Å²) in [7, 11) is 0. The molecule has 0 aliphatic carbocycles. The average molecular weight is 144 g/mol. The van der Waals surface area contributed by atoms with Crippen molar-refractivity contribution in [2.24, 2.45) is 0 Å². The van der Waals surface area contributed by atoms with Gasteiger partial charge in [0.15, 0.2) is 0 Å². The Morgan fingerprint density at radius 3 is 2.73 bits per heavy atom. The van der Waals surface area contributed by atoms with Gasteiger partial charge in [-0.25, -0.2) is 0 Å². The van der Waals surface area contributed by atoms with Gasteiger partial charge in [-0.05, 0) is 6.07 Å². The number of benzene rings is 1. The largest absolute Gasteiger partial charge is 0.300 e. The second-order valence-electron chi connectivity index (χ2n) is 2.30. The molecule has 0 amide bonds. The quantitative estimate of drug-likeness (QED) is 0.563. The zero-order valence-electron chi connectivity index (χ0n) is 5.78. The second-order valence-corrected chi connectivity index (χ2v) is 2.30. The van der Waals surface area contributed by atoms with Crippen LogP contribution in [0.15, 0.2) is 30.6 Å². The zero-order valence-corrected chi connectivity index (χ0v) is 5.78. The molecule has 1 heterocycles. The van der Waals surface area contributed by atoms with Gasteiger partial charge in [-0.1, -0.05) is 12.1 Å². The van der Waals surface area contributed by atoms with Gasteiger partial charge in [0.05, 0.1) is 18.1 Å². The van der Waals surface area contributed by atoms with Crippen LogP contribution in [-0.2, 0) is 0 Å². The van der Waals surface area contributed by atoms with Crippen molar-refractivity contribution in [1.82, 2.24) is 15.9 Å². The first-order valence-corrected chi connectivity index (χ1v) is 3.29. The number of rotatable bonds is 0. The van der Waals surface area contributed by atoms with E-state index in [1.807, 2.05) is 12.1 Å². The highest BCUT2D eigenvalue weighted by molar-refractivity contribution is 5.90. The molecule has 0 fully saturated rings. The van der Waals surface area contributed by atoms with E-state index in [1.54, 1.807) is 18.5 Å². The molecule has 1 aromatic carbocycles. The van der Waals surface area contributed by atoms with Crippen LogP contribution < -0.4 is 5.73 Å². The summed E-state index contributed by atoms with van der Waals surface area (Å²) in [4.78, 5) is 0. The third-order valence-electron chi connectivity index (χ3n) is 1.59. The fourth-order valence-electron chi connectivity index (χ4n) is 1.03. The number of hydrogen-bond donors (Lipinski definition) is 0. The van der Waals surface area contributed by atoms with Crippen molar-refractivity contribution in [3.05, 3.63) is 30.6 Å². The summed E-state index contributed by atoms with van der Waals surface area (Å²) in [5.74, 6) is 0. The predicted octanol–water partition coefficient (Wildman–Crippen LogP) is 1.54. The van der Waals surface area contributed by atoms with Gasteiger partial charge in [-0.15, -0.1) is 0 Å². The molecule has 1 aromatic heterocycles. The van der Waals surface area contributed by atoms with Crippen molar-refractivity contribution >= 4 is 16.5 Å². The Morgan fingerprint density at radius 1 is 1.09 bits per heavy atom. The van der Waals surface area contributed by atoms with E-state index in [-0.39, 0.29) is 0 Å². The summed E-state index contributed by atoms with van der Waals surface area (Å²) >= 11 is 0. The molecule has 0 spiro atoms. The molecule has 0 unspecified atom stereocenters. The molecule has 3 nitrogen and oxygen atoms in total. The number of hydrogen-bond acceptors (Lipinski definition) is 2. The van der Waals surface area contributed by atoms with Gasteiger partial charge in [0.1, 0.15) is 0 Å². The molecule has 0 saturated heterocycles. The van der Waals surface area contributed by atoms with Crippen molar-refractivity contribution in [1.29, 1.82) is 0 Å². The Bertz CT molecular complexity index is 378. The average Bonchev–Trinajstić information content (AvgIpc) is 2.06. The Morgan fingerprint density at radius 2 is 1.91 bits per heavy atom. The maximum absolute atomic E-state index is 7.50. The summed E-state index contributed by atoms with van der Waals surface area (Å²) in [6.45, 7) is 0. The number of aromatic nitrogens is 2. The van der Waals surface area contributed by atoms with Gasteiger partial charge in [-0.3, -0.25) is 0 Å². The monoisotopic (exact) mass is 144 g/mol. The Hall–Kier alpha value is -1.64. The summed E-state index contributed by atoms with van der Waals surface area (Å²) in [5.41, 5.74) is 7.99. The number of fused-ring (bicyclic) bond motifs is 1. The van der Waals surface area contributed by atoms with Crippen molar-refractivity contribution in [3.63, 3.8) is 0 Å². The molecule has 0 atom stereocenters. The van der Waals surface area contributed by atoms with Crippen LogP contribution in [0.25, 0.3) is 10.8 Å². The fraction of sp³-hybridized carbons (Fsp3) is 0. The van der Waals surface area contributed by atoms with Gasteiger partial charge in [0.2, 0.25) is 0 Å². The van der Waals surface area contributed by atoms with E-state index in [4.69, 9.17) is 5.73 Å². The van der Waals surface area contributed by atoms with E-state index in [0.717, 1.165) is 10.8 Å². The van der Waals surface area contributed by atoms with Crippen LogP contribution >= 0.6 is 0 Å². The van der Waals surface area contributed by atoms with E-state index >= 15 is 0 Å². The minimum Gasteiger partial charge on any atom is -0.300 e. The van der Waals surface area contributed by atoms with Crippen LogP contribution in [-0.4, -0.2) is 10.2 Å². The van der Waals surface area contributed by atoms with Crippen molar-refractivity contribution in [2.45, 2.75) is 0 Å². The molecular weight excluding hydrogens is 138 g/mol. The lowest BCUT2D eigenvalue weighted by molar-refractivity contribution is 1.05. The van der Waals surface area contributed by atoms with Gasteiger partial charge in [0, 0.05) is 10.8 Å². The molecular formula is C8H6N3. The highest BCUT2D eigenvalue weighted by atomic mass is 15.1. The van der Waals surface area contributed by atoms with Gasteiger partial charge in [-0.2, -0.15) is 10.2 Å². The van der Waals surface area contributed by atoms with Crippen LogP contribution in [0.1, 0.15) is 0 Å². The second kappa shape index (κ2) is 2.20. The third kappa shape index (κ3) is 0.902. The predicted molar refractivity (Wildman–Crippen MR) is 42.3 cm³/mol. The SMILES string of the molecule is [NH]c1cccc2cnncc12. The maximum Gasteiger partial charge on any atom is 0.0635 e. The summed E-state index contributed by atoms with van der Waals surface area (Å²) in [6, 6.07) is 5.50. The normalized spacial score (nSPS) is 10.2. The van der Waals surface area contributed by atoms with E-state index in [0.29, 0.717) is 5.69 Å². The first kappa shape index (κ1) is 6.09. The van der Waals surface area contributed by atoms with Crippen molar-refractivity contribution in [2.75, 3.05) is 0 Å². The van der Waals surface area contributed by atoms with Gasteiger partial charge >= 0.3 is 0 Å². The molecule has 0 aliphatic heterocycles. The molecule has 11 heavy (non-hydrogen) atoms. The smallest absolute Gasteiger partial charge is 0.0635 e. The molecule has 2 aromatic rings. The Balaban J connectivity index is 2.91. The van der Waals surface area contributed by atoms with Gasteiger partial charge in [0.25, 0.3) is 0 Å². The van der Waals surface area contributed by atoms with Gasteiger partial charge < -0.3 is 5.73 Å². The molecule has 3 heteroatoms. The third-order valence-corrected chi connectivity index (χ3v) is 1.59.